The number of hydrogen-bond acceptors (Lipinski definition) is 4. The number of rotatable bonds is 6. The Morgan fingerprint density at radius 1 is 1.19 bits per heavy atom. The van der Waals surface area contributed by atoms with Crippen LogP contribution in [0.5, 0.6) is 0 Å². The third-order valence-electron chi connectivity index (χ3n) is 5.20. The number of nitrogens with zero attached hydrogens (tertiary/aromatic N) is 3. The van der Waals surface area contributed by atoms with Crippen molar-refractivity contribution < 1.29 is 13.2 Å². The summed E-state index contributed by atoms with van der Waals surface area (Å²) in [6.45, 7) is 5.64. The average molecular weight is 388 g/mol. The van der Waals surface area contributed by atoms with E-state index in [4.69, 9.17) is 4.99 Å². The van der Waals surface area contributed by atoms with Gasteiger partial charge in [-0.3, -0.25) is 9.79 Å². The van der Waals surface area contributed by atoms with Gasteiger partial charge in [0.2, 0.25) is 15.9 Å². The standard InChI is InChI=1S/C17H33N5O3S/c1-4-19-17(20-13-15-6-5-9-22(15)26(3,24)25)21-10-7-14(8-11-21)12-16(23)18-2/h14-15H,4-13H2,1-3H3,(H,18,23)(H,19,20)/t15-/m1/s1. The summed E-state index contributed by atoms with van der Waals surface area (Å²) in [4.78, 5) is 18.5. The number of aliphatic imine (C=N–C) groups is 1. The highest BCUT2D eigenvalue weighted by molar-refractivity contribution is 7.88. The molecule has 150 valence electrons. The molecule has 2 fully saturated rings. The highest BCUT2D eigenvalue weighted by Gasteiger charge is 2.31. The summed E-state index contributed by atoms with van der Waals surface area (Å²) in [6.07, 6.45) is 5.56. The fraction of sp³-hybridized carbons (Fsp3) is 0.882. The van der Waals surface area contributed by atoms with Gasteiger partial charge in [-0.1, -0.05) is 0 Å². The van der Waals surface area contributed by atoms with Gasteiger partial charge < -0.3 is 15.5 Å². The molecule has 1 amide bonds. The minimum absolute atomic E-state index is 0.0376. The maximum atomic E-state index is 11.9. The summed E-state index contributed by atoms with van der Waals surface area (Å²) in [5, 5.41) is 6.02. The van der Waals surface area contributed by atoms with Crippen LogP contribution < -0.4 is 10.6 Å². The second-order valence-electron chi connectivity index (χ2n) is 7.17. The van der Waals surface area contributed by atoms with Gasteiger partial charge in [0.1, 0.15) is 0 Å². The minimum Gasteiger partial charge on any atom is -0.359 e. The smallest absolute Gasteiger partial charge is 0.220 e. The number of piperidine rings is 1. The molecule has 0 bridgehead atoms. The zero-order chi connectivity index (χ0) is 19.2. The van der Waals surface area contributed by atoms with Crippen LogP contribution in [0.2, 0.25) is 0 Å². The van der Waals surface area contributed by atoms with Crippen molar-refractivity contribution >= 4 is 21.9 Å². The molecule has 2 N–H and O–H groups in total. The summed E-state index contributed by atoms with van der Waals surface area (Å²) in [6, 6.07) is -0.0376. The van der Waals surface area contributed by atoms with Gasteiger partial charge in [-0.2, -0.15) is 4.31 Å². The molecule has 8 nitrogen and oxygen atoms in total. The Morgan fingerprint density at radius 2 is 1.88 bits per heavy atom. The van der Waals surface area contributed by atoms with Gasteiger partial charge in [0.25, 0.3) is 0 Å². The zero-order valence-electron chi connectivity index (χ0n) is 16.2. The van der Waals surface area contributed by atoms with Crippen LogP contribution in [0.25, 0.3) is 0 Å². The van der Waals surface area contributed by atoms with Crippen molar-refractivity contribution in [3.05, 3.63) is 0 Å². The van der Waals surface area contributed by atoms with E-state index in [1.807, 2.05) is 6.92 Å². The van der Waals surface area contributed by atoms with E-state index in [9.17, 15) is 13.2 Å². The molecule has 0 unspecified atom stereocenters. The first kappa shape index (κ1) is 21.0. The van der Waals surface area contributed by atoms with Gasteiger partial charge in [0.15, 0.2) is 5.96 Å². The first-order valence-corrected chi connectivity index (χ1v) is 11.4. The lowest BCUT2D eigenvalue weighted by Crippen LogP contribution is -2.46. The summed E-state index contributed by atoms with van der Waals surface area (Å²) in [7, 11) is -1.49. The Labute approximate surface area is 157 Å². The summed E-state index contributed by atoms with van der Waals surface area (Å²) in [5.74, 6) is 1.38. The predicted molar refractivity (Wildman–Crippen MR) is 104 cm³/mol. The summed E-state index contributed by atoms with van der Waals surface area (Å²) in [5.41, 5.74) is 0. The average Bonchev–Trinajstić information content (AvgIpc) is 3.08. The molecule has 1 atom stereocenters. The number of amides is 1. The number of guanidine groups is 1. The lowest BCUT2D eigenvalue weighted by atomic mass is 9.93. The molecule has 26 heavy (non-hydrogen) atoms. The number of hydrogen-bond donors (Lipinski definition) is 2. The molecular formula is C17H33N5O3S. The largest absolute Gasteiger partial charge is 0.359 e. The normalized spacial score (nSPS) is 23.3. The molecule has 2 rings (SSSR count). The maximum Gasteiger partial charge on any atom is 0.220 e. The van der Waals surface area contributed by atoms with E-state index in [-0.39, 0.29) is 11.9 Å². The molecular weight excluding hydrogens is 354 g/mol. The SMILES string of the molecule is CCNC(=NC[C@H]1CCCN1S(C)(=O)=O)N1CCC(CC(=O)NC)CC1. The molecule has 2 aliphatic heterocycles. The van der Waals surface area contributed by atoms with Crippen molar-refractivity contribution in [2.45, 2.75) is 45.1 Å². The van der Waals surface area contributed by atoms with Gasteiger partial charge in [-0.15, -0.1) is 0 Å². The van der Waals surface area contributed by atoms with E-state index in [0.29, 0.717) is 25.4 Å². The lowest BCUT2D eigenvalue weighted by Gasteiger charge is -2.34. The Kier molecular flexibility index (Phi) is 7.69. The van der Waals surface area contributed by atoms with Gasteiger partial charge in [-0.05, 0) is 38.5 Å². The van der Waals surface area contributed by atoms with E-state index in [1.54, 1.807) is 11.4 Å². The lowest BCUT2D eigenvalue weighted by molar-refractivity contribution is -0.121. The van der Waals surface area contributed by atoms with E-state index in [2.05, 4.69) is 15.5 Å². The van der Waals surface area contributed by atoms with Crippen LogP contribution in [0.4, 0.5) is 0 Å². The molecule has 2 heterocycles. The van der Waals surface area contributed by atoms with Gasteiger partial charge in [0, 0.05) is 45.7 Å². The molecule has 2 aliphatic rings. The Balaban J connectivity index is 1.94. The fourth-order valence-corrected chi connectivity index (χ4v) is 4.93. The van der Waals surface area contributed by atoms with Crippen LogP contribution in [0.1, 0.15) is 39.0 Å². The highest BCUT2D eigenvalue weighted by Crippen LogP contribution is 2.22. The minimum atomic E-state index is -3.17. The maximum absolute atomic E-state index is 11.9. The van der Waals surface area contributed by atoms with E-state index < -0.39 is 10.0 Å². The zero-order valence-corrected chi connectivity index (χ0v) is 17.0. The fourth-order valence-electron chi connectivity index (χ4n) is 3.76. The van der Waals surface area contributed by atoms with E-state index in [1.165, 1.54) is 6.26 Å². The van der Waals surface area contributed by atoms with Crippen LogP contribution in [0, 0.1) is 5.92 Å². The Morgan fingerprint density at radius 3 is 2.46 bits per heavy atom. The third-order valence-corrected chi connectivity index (χ3v) is 6.54. The molecule has 0 saturated carbocycles. The van der Waals surface area contributed by atoms with Crippen molar-refractivity contribution in [3.63, 3.8) is 0 Å². The molecule has 0 aromatic carbocycles. The van der Waals surface area contributed by atoms with Gasteiger partial charge in [-0.25, -0.2) is 8.42 Å². The van der Waals surface area contributed by atoms with Crippen LogP contribution in [0.15, 0.2) is 4.99 Å². The van der Waals surface area contributed by atoms with Crippen molar-refractivity contribution in [1.82, 2.24) is 19.8 Å². The van der Waals surface area contributed by atoms with Crippen molar-refractivity contribution in [3.8, 4) is 0 Å². The van der Waals surface area contributed by atoms with Gasteiger partial charge >= 0.3 is 0 Å². The highest BCUT2D eigenvalue weighted by atomic mass is 32.2. The number of sulfonamides is 1. The monoisotopic (exact) mass is 387 g/mol. The number of carbonyl (C=O) groups excluding carboxylic acids is 1. The third kappa shape index (κ3) is 5.84. The first-order chi connectivity index (χ1) is 12.3. The van der Waals surface area contributed by atoms with E-state index >= 15 is 0 Å². The molecule has 0 radical (unpaired) electrons. The molecule has 0 spiro atoms. The molecule has 0 aliphatic carbocycles. The van der Waals surface area contributed by atoms with Crippen LogP contribution in [0.3, 0.4) is 0 Å². The second kappa shape index (κ2) is 9.55. The molecule has 0 aromatic rings. The summed E-state index contributed by atoms with van der Waals surface area (Å²) < 4.78 is 25.3. The van der Waals surface area contributed by atoms with E-state index in [0.717, 1.165) is 51.3 Å². The topological polar surface area (TPSA) is 94.1 Å². The molecule has 9 heteroatoms. The van der Waals surface area contributed by atoms with Crippen molar-refractivity contribution in [1.29, 1.82) is 0 Å². The summed E-state index contributed by atoms with van der Waals surface area (Å²) >= 11 is 0. The number of carbonyl (C=O) groups is 1. The Hall–Kier alpha value is -1.35. The van der Waals surface area contributed by atoms with Crippen molar-refractivity contribution in [2.75, 3.05) is 46.0 Å². The second-order valence-corrected chi connectivity index (χ2v) is 9.11. The molecule has 2 saturated heterocycles. The van der Waals surface area contributed by atoms with Crippen LogP contribution in [-0.4, -0.2) is 81.6 Å². The Bertz CT molecular complexity index is 600. The van der Waals surface area contributed by atoms with Crippen LogP contribution in [-0.2, 0) is 14.8 Å². The van der Waals surface area contributed by atoms with Crippen molar-refractivity contribution in [2.24, 2.45) is 10.9 Å². The first-order valence-electron chi connectivity index (χ1n) is 9.55. The predicted octanol–water partition coefficient (Wildman–Crippen LogP) is 0.224. The number of likely N-dealkylation sites (tertiary alicyclic amines) is 1. The van der Waals surface area contributed by atoms with Crippen LogP contribution >= 0.6 is 0 Å². The van der Waals surface area contributed by atoms with Gasteiger partial charge in [0.05, 0.1) is 12.8 Å². The number of nitrogens with one attached hydrogen (secondary N) is 2. The molecule has 0 aromatic heterocycles. The quantitative estimate of drug-likeness (QED) is 0.502.